The van der Waals surface area contributed by atoms with Crippen molar-refractivity contribution in [2.45, 2.75) is 32.6 Å². The van der Waals surface area contributed by atoms with Crippen molar-refractivity contribution in [1.82, 2.24) is 14.6 Å². The normalized spacial score (nSPS) is 14.3. The summed E-state index contributed by atoms with van der Waals surface area (Å²) in [7, 11) is 0. The summed E-state index contributed by atoms with van der Waals surface area (Å²) in [6, 6.07) is 6.59. The van der Waals surface area contributed by atoms with Crippen LogP contribution in [-0.2, 0) is 12.8 Å². The van der Waals surface area contributed by atoms with Crippen LogP contribution >= 0.6 is 0 Å². The first kappa shape index (κ1) is 13.2. The summed E-state index contributed by atoms with van der Waals surface area (Å²) >= 11 is 0. The molecule has 2 heterocycles. The summed E-state index contributed by atoms with van der Waals surface area (Å²) in [4.78, 5) is 17.3. The summed E-state index contributed by atoms with van der Waals surface area (Å²) in [5.41, 5.74) is 4.03. The molecule has 112 valence electrons. The van der Waals surface area contributed by atoms with E-state index in [1.54, 1.807) is 18.2 Å². The lowest BCUT2D eigenvalue weighted by Gasteiger charge is -2.13. The van der Waals surface area contributed by atoms with Crippen LogP contribution in [0.4, 0.5) is 4.39 Å². The Balaban J connectivity index is 2.09. The number of aromatic amines is 1. The van der Waals surface area contributed by atoms with Crippen LogP contribution < -0.4 is 5.56 Å². The van der Waals surface area contributed by atoms with Gasteiger partial charge in [-0.2, -0.15) is 0 Å². The van der Waals surface area contributed by atoms with Crippen LogP contribution in [0.25, 0.3) is 16.8 Å². The summed E-state index contributed by atoms with van der Waals surface area (Å²) < 4.78 is 15.6. The van der Waals surface area contributed by atoms with Gasteiger partial charge in [-0.3, -0.25) is 9.89 Å². The van der Waals surface area contributed by atoms with Gasteiger partial charge in [0.25, 0.3) is 5.56 Å². The molecule has 0 saturated heterocycles. The lowest BCUT2D eigenvalue weighted by Crippen LogP contribution is -2.25. The van der Waals surface area contributed by atoms with E-state index >= 15 is 0 Å². The maximum Gasteiger partial charge on any atom is 0.276 e. The Morgan fingerprint density at radius 2 is 2.00 bits per heavy atom. The Labute approximate surface area is 126 Å². The van der Waals surface area contributed by atoms with Crippen molar-refractivity contribution in [3.05, 3.63) is 57.4 Å². The smallest absolute Gasteiger partial charge is 0.276 e. The van der Waals surface area contributed by atoms with Gasteiger partial charge in [0.1, 0.15) is 5.82 Å². The third-order valence-electron chi connectivity index (χ3n) is 4.37. The van der Waals surface area contributed by atoms with Crippen molar-refractivity contribution in [2.24, 2.45) is 0 Å². The molecule has 2 aromatic heterocycles. The predicted molar refractivity (Wildman–Crippen MR) is 82.6 cm³/mol. The number of rotatable bonds is 1. The van der Waals surface area contributed by atoms with Gasteiger partial charge in [0.2, 0.25) is 0 Å². The monoisotopic (exact) mass is 297 g/mol. The molecule has 0 spiro atoms. The van der Waals surface area contributed by atoms with Gasteiger partial charge in [-0.1, -0.05) is 18.2 Å². The van der Waals surface area contributed by atoms with Gasteiger partial charge in [0.15, 0.2) is 5.65 Å². The molecule has 1 aliphatic rings. The number of H-pyrrole nitrogens is 1. The lowest BCUT2D eigenvalue weighted by atomic mass is 9.97. The second-order valence-corrected chi connectivity index (χ2v) is 5.80. The van der Waals surface area contributed by atoms with Gasteiger partial charge in [-0.05, 0) is 38.7 Å². The molecule has 3 aromatic rings. The molecule has 1 N–H and O–H groups in total. The van der Waals surface area contributed by atoms with E-state index in [1.807, 2.05) is 6.92 Å². The van der Waals surface area contributed by atoms with E-state index in [0.29, 0.717) is 16.8 Å². The second-order valence-electron chi connectivity index (χ2n) is 5.80. The Morgan fingerprint density at radius 3 is 2.82 bits per heavy atom. The van der Waals surface area contributed by atoms with E-state index in [2.05, 4.69) is 10.1 Å². The van der Waals surface area contributed by atoms with E-state index in [1.165, 1.54) is 10.6 Å². The number of nitrogens with one attached hydrogen (secondary N) is 1. The molecule has 0 aliphatic heterocycles. The molecule has 1 aromatic carbocycles. The van der Waals surface area contributed by atoms with E-state index in [9.17, 15) is 9.18 Å². The van der Waals surface area contributed by atoms with Gasteiger partial charge in [-0.25, -0.2) is 13.9 Å². The standard InChI is InChI=1S/C17H16FN3O/c1-10-15(11-6-2-4-8-13(11)18)16-19-14-9-5-3-7-12(14)17(22)21(16)20-10/h2,4,6,8,20H,3,5,7,9H2,1H3. The Hall–Kier alpha value is -2.43. The van der Waals surface area contributed by atoms with Gasteiger partial charge >= 0.3 is 0 Å². The van der Waals surface area contributed by atoms with Crippen molar-refractivity contribution >= 4 is 5.65 Å². The molecule has 0 amide bonds. The summed E-state index contributed by atoms with van der Waals surface area (Å²) in [5, 5.41) is 3.05. The highest BCUT2D eigenvalue weighted by Crippen LogP contribution is 2.29. The van der Waals surface area contributed by atoms with Gasteiger partial charge in [0.05, 0.1) is 5.69 Å². The zero-order chi connectivity index (χ0) is 15.3. The maximum atomic E-state index is 14.2. The molecule has 4 nitrogen and oxygen atoms in total. The molecule has 0 atom stereocenters. The Bertz CT molecular complexity index is 939. The van der Waals surface area contributed by atoms with Gasteiger partial charge in [-0.15, -0.1) is 0 Å². The fraction of sp³-hybridized carbons (Fsp3) is 0.294. The number of nitrogens with zero attached hydrogens (tertiary/aromatic N) is 2. The molecule has 0 saturated carbocycles. The van der Waals surface area contributed by atoms with Crippen LogP contribution in [-0.4, -0.2) is 14.6 Å². The zero-order valence-corrected chi connectivity index (χ0v) is 12.3. The molecule has 1 aliphatic carbocycles. The lowest BCUT2D eigenvalue weighted by molar-refractivity contribution is 0.631. The quantitative estimate of drug-likeness (QED) is 0.750. The van der Waals surface area contributed by atoms with Gasteiger partial charge < -0.3 is 0 Å². The van der Waals surface area contributed by atoms with Gasteiger partial charge in [0, 0.05) is 22.4 Å². The topological polar surface area (TPSA) is 50.2 Å². The van der Waals surface area contributed by atoms with Crippen LogP contribution in [0.1, 0.15) is 29.8 Å². The number of fused-ring (bicyclic) bond motifs is 2. The number of hydrogen-bond donors (Lipinski definition) is 1. The van der Waals surface area contributed by atoms with Crippen LogP contribution in [0.3, 0.4) is 0 Å². The first-order chi connectivity index (χ1) is 10.7. The maximum absolute atomic E-state index is 14.2. The first-order valence-electron chi connectivity index (χ1n) is 7.55. The third-order valence-corrected chi connectivity index (χ3v) is 4.37. The number of benzene rings is 1. The van der Waals surface area contributed by atoms with E-state index in [-0.39, 0.29) is 11.4 Å². The fourth-order valence-electron chi connectivity index (χ4n) is 3.30. The van der Waals surface area contributed by atoms with Crippen LogP contribution in [0.5, 0.6) is 0 Å². The average molecular weight is 297 g/mol. The summed E-state index contributed by atoms with van der Waals surface area (Å²) in [6.07, 6.45) is 3.67. The zero-order valence-electron chi connectivity index (χ0n) is 12.3. The van der Waals surface area contributed by atoms with Crippen molar-refractivity contribution in [3.63, 3.8) is 0 Å². The fourth-order valence-corrected chi connectivity index (χ4v) is 3.30. The predicted octanol–water partition coefficient (Wildman–Crippen LogP) is 3.02. The molecule has 0 radical (unpaired) electrons. The number of halogens is 1. The molecule has 5 heteroatoms. The molecular weight excluding hydrogens is 281 g/mol. The Morgan fingerprint density at radius 1 is 1.23 bits per heavy atom. The average Bonchev–Trinajstić information content (AvgIpc) is 2.85. The molecular formula is C17H16FN3O. The molecule has 22 heavy (non-hydrogen) atoms. The highest BCUT2D eigenvalue weighted by atomic mass is 19.1. The minimum Gasteiger partial charge on any atom is -0.293 e. The van der Waals surface area contributed by atoms with E-state index in [4.69, 9.17) is 0 Å². The molecule has 0 unspecified atom stereocenters. The summed E-state index contributed by atoms with van der Waals surface area (Å²) in [5.74, 6) is -0.306. The molecule has 4 rings (SSSR count). The number of aromatic nitrogens is 3. The Kier molecular flexibility index (Phi) is 2.89. The van der Waals surface area contributed by atoms with E-state index < -0.39 is 0 Å². The van der Waals surface area contributed by atoms with E-state index in [0.717, 1.165) is 42.6 Å². The SMILES string of the molecule is Cc1[nH]n2c(=O)c3c(nc2c1-c1ccccc1F)CCCC3. The van der Waals surface area contributed by atoms with Crippen molar-refractivity contribution < 1.29 is 4.39 Å². The van der Waals surface area contributed by atoms with Crippen molar-refractivity contribution in [3.8, 4) is 11.1 Å². The highest BCUT2D eigenvalue weighted by molar-refractivity contribution is 5.80. The largest absolute Gasteiger partial charge is 0.293 e. The number of aryl methyl sites for hydroxylation is 2. The minimum atomic E-state index is -0.306. The second kappa shape index (κ2) is 4.80. The van der Waals surface area contributed by atoms with Crippen LogP contribution in [0.15, 0.2) is 29.1 Å². The molecule has 0 bridgehead atoms. The summed E-state index contributed by atoms with van der Waals surface area (Å²) in [6.45, 7) is 1.84. The van der Waals surface area contributed by atoms with Crippen LogP contribution in [0.2, 0.25) is 0 Å². The van der Waals surface area contributed by atoms with Crippen molar-refractivity contribution in [1.29, 1.82) is 0 Å². The first-order valence-corrected chi connectivity index (χ1v) is 7.55. The minimum absolute atomic E-state index is 0.0506. The number of hydrogen-bond acceptors (Lipinski definition) is 2. The third kappa shape index (κ3) is 1.81. The van der Waals surface area contributed by atoms with Crippen LogP contribution in [0, 0.1) is 12.7 Å². The van der Waals surface area contributed by atoms with Crippen molar-refractivity contribution in [2.75, 3.05) is 0 Å². The molecule has 0 fully saturated rings. The highest BCUT2D eigenvalue weighted by Gasteiger charge is 2.21.